The number of aromatic amines is 1. The number of benzene rings is 1. The normalized spacial score (nSPS) is 21.6. The van der Waals surface area contributed by atoms with Gasteiger partial charge in [0.25, 0.3) is 5.91 Å². The third kappa shape index (κ3) is 4.10. The highest BCUT2D eigenvalue weighted by atomic mass is 19.1. The lowest BCUT2D eigenvalue weighted by Crippen LogP contribution is -2.38. The predicted molar refractivity (Wildman–Crippen MR) is 122 cm³/mol. The van der Waals surface area contributed by atoms with Crippen molar-refractivity contribution < 1.29 is 18.7 Å². The molecule has 33 heavy (non-hydrogen) atoms. The van der Waals surface area contributed by atoms with Crippen molar-refractivity contribution in [3.05, 3.63) is 59.2 Å². The first-order chi connectivity index (χ1) is 16.2. The van der Waals surface area contributed by atoms with Crippen LogP contribution in [0, 0.1) is 5.82 Å². The van der Waals surface area contributed by atoms with E-state index in [1.54, 1.807) is 0 Å². The maximum atomic E-state index is 15.0. The third-order valence-electron chi connectivity index (χ3n) is 7.16. The van der Waals surface area contributed by atoms with Gasteiger partial charge in [-0.15, -0.1) is 0 Å². The van der Waals surface area contributed by atoms with Crippen molar-refractivity contribution in [3.8, 4) is 5.75 Å². The number of amides is 1. The second-order valence-corrected chi connectivity index (χ2v) is 9.48. The first-order valence-electron chi connectivity index (χ1n) is 12.0. The number of carbonyl (C=O) groups excluding carboxylic acids is 1. The van der Waals surface area contributed by atoms with Gasteiger partial charge < -0.3 is 19.4 Å². The van der Waals surface area contributed by atoms with E-state index in [0.29, 0.717) is 37.3 Å². The van der Waals surface area contributed by atoms with Crippen LogP contribution in [0.4, 0.5) is 4.39 Å². The fraction of sp³-hybridized carbons (Fsp3) is 0.462. The molecule has 6 nitrogen and oxygen atoms in total. The molecule has 1 aromatic carbocycles. The molecule has 0 spiro atoms. The summed E-state index contributed by atoms with van der Waals surface area (Å²) in [6, 6.07) is 9.49. The van der Waals surface area contributed by atoms with E-state index >= 15 is 0 Å². The second kappa shape index (κ2) is 8.45. The lowest BCUT2D eigenvalue weighted by molar-refractivity contribution is 0.0712. The summed E-state index contributed by atoms with van der Waals surface area (Å²) in [5, 5.41) is 0.868. The summed E-state index contributed by atoms with van der Waals surface area (Å²) in [5.41, 5.74) is 3.21. The average molecular weight is 450 g/mol. The van der Waals surface area contributed by atoms with Crippen molar-refractivity contribution in [2.75, 3.05) is 26.3 Å². The minimum atomic E-state index is -0.258. The molecule has 4 heterocycles. The van der Waals surface area contributed by atoms with Crippen LogP contribution < -0.4 is 4.74 Å². The molecular weight excluding hydrogens is 421 g/mol. The largest absolute Gasteiger partial charge is 0.490 e. The molecule has 2 aromatic heterocycles. The molecule has 1 amide bonds. The lowest BCUT2D eigenvalue weighted by Gasteiger charge is -2.32. The number of pyridine rings is 1. The van der Waals surface area contributed by atoms with Crippen LogP contribution in [0.1, 0.15) is 65.6 Å². The van der Waals surface area contributed by atoms with E-state index in [9.17, 15) is 9.18 Å². The zero-order chi connectivity index (χ0) is 22.4. The van der Waals surface area contributed by atoms with Crippen molar-refractivity contribution in [1.82, 2.24) is 14.9 Å². The zero-order valence-electron chi connectivity index (χ0n) is 18.6. The maximum absolute atomic E-state index is 15.0. The maximum Gasteiger partial charge on any atom is 0.253 e. The molecule has 6 rings (SSSR count). The highest BCUT2D eigenvalue weighted by molar-refractivity contribution is 5.94. The summed E-state index contributed by atoms with van der Waals surface area (Å²) in [6.07, 6.45) is 6.33. The number of nitrogens with one attached hydrogen (secondary N) is 1. The highest BCUT2D eigenvalue weighted by Crippen LogP contribution is 2.37. The van der Waals surface area contributed by atoms with E-state index in [4.69, 9.17) is 9.47 Å². The van der Waals surface area contributed by atoms with E-state index in [-0.39, 0.29) is 17.6 Å². The summed E-state index contributed by atoms with van der Waals surface area (Å²) < 4.78 is 26.2. The second-order valence-electron chi connectivity index (χ2n) is 9.48. The molecule has 1 unspecified atom stereocenters. The number of piperidine rings is 1. The van der Waals surface area contributed by atoms with Crippen molar-refractivity contribution in [2.24, 2.45) is 0 Å². The van der Waals surface area contributed by atoms with Gasteiger partial charge in [0, 0.05) is 47.8 Å². The van der Waals surface area contributed by atoms with Crippen molar-refractivity contribution in [2.45, 2.75) is 50.0 Å². The Morgan fingerprint density at radius 3 is 2.58 bits per heavy atom. The van der Waals surface area contributed by atoms with Gasteiger partial charge in [0.2, 0.25) is 0 Å². The Labute approximate surface area is 192 Å². The molecule has 3 aliphatic rings. The summed E-state index contributed by atoms with van der Waals surface area (Å²) in [7, 11) is 0. The fourth-order valence-corrected chi connectivity index (χ4v) is 5.11. The van der Waals surface area contributed by atoms with Crippen LogP contribution in [0.3, 0.4) is 0 Å². The van der Waals surface area contributed by atoms with Crippen LogP contribution in [0.25, 0.3) is 11.0 Å². The van der Waals surface area contributed by atoms with E-state index in [1.165, 1.54) is 6.20 Å². The lowest BCUT2D eigenvalue weighted by atomic mass is 9.87. The highest BCUT2D eigenvalue weighted by Gasteiger charge is 2.29. The Kier molecular flexibility index (Phi) is 5.29. The molecule has 2 saturated heterocycles. The van der Waals surface area contributed by atoms with Crippen LogP contribution in [0.2, 0.25) is 0 Å². The number of fused-ring (bicyclic) bond motifs is 1. The molecule has 1 N–H and O–H groups in total. The molecule has 1 aliphatic carbocycles. The molecule has 1 saturated carbocycles. The standard InChI is InChI=1S/C26H28FN3O3/c27-22-14-28-25-21(13-23(29-25)18-9-12-32-15-18)24(22)16-7-10-30(11-8-16)26(31)17-1-3-19(4-2-17)33-20-5-6-20/h1-4,13-14,16,18,20H,5-12,15H2,(H,28,29). The van der Waals surface area contributed by atoms with Gasteiger partial charge in [-0.05, 0) is 68.4 Å². The number of rotatable bonds is 5. The number of nitrogens with zero attached hydrogens (tertiary/aromatic N) is 2. The number of aromatic nitrogens is 2. The first kappa shape index (κ1) is 20.7. The minimum absolute atomic E-state index is 0.0249. The number of hydrogen-bond acceptors (Lipinski definition) is 4. The molecule has 1 atom stereocenters. The molecular formula is C26H28FN3O3. The molecule has 3 aromatic rings. The van der Waals surface area contributed by atoms with E-state index in [2.05, 4.69) is 16.0 Å². The molecule has 2 aliphatic heterocycles. The van der Waals surface area contributed by atoms with Crippen LogP contribution in [0.15, 0.2) is 36.5 Å². The van der Waals surface area contributed by atoms with Crippen LogP contribution in [-0.4, -0.2) is 53.2 Å². The molecule has 0 radical (unpaired) electrons. The van der Waals surface area contributed by atoms with E-state index < -0.39 is 0 Å². The Morgan fingerprint density at radius 1 is 1.09 bits per heavy atom. The molecule has 3 fully saturated rings. The van der Waals surface area contributed by atoms with Crippen LogP contribution >= 0.6 is 0 Å². The average Bonchev–Trinajstić information content (AvgIpc) is 3.31. The topological polar surface area (TPSA) is 67.5 Å². The Hall–Kier alpha value is -2.93. The smallest absolute Gasteiger partial charge is 0.253 e. The quantitative estimate of drug-likeness (QED) is 0.610. The van der Waals surface area contributed by atoms with Gasteiger partial charge in [-0.25, -0.2) is 9.37 Å². The fourth-order valence-electron chi connectivity index (χ4n) is 5.11. The Balaban J connectivity index is 1.16. The Morgan fingerprint density at radius 2 is 1.88 bits per heavy atom. The van der Waals surface area contributed by atoms with Gasteiger partial charge in [0.15, 0.2) is 0 Å². The molecule has 0 bridgehead atoms. The number of hydrogen-bond donors (Lipinski definition) is 1. The van der Waals surface area contributed by atoms with E-state index in [1.807, 2.05) is 29.2 Å². The van der Waals surface area contributed by atoms with Gasteiger partial charge in [0.05, 0.1) is 18.9 Å². The molecule has 172 valence electrons. The van der Waals surface area contributed by atoms with Gasteiger partial charge in [-0.3, -0.25) is 4.79 Å². The van der Waals surface area contributed by atoms with Crippen molar-refractivity contribution in [3.63, 3.8) is 0 Å². The minimum Gasteiger partial charge on any atom is -0.490 e. The van der Waals surface area contributed by atoms with Crippen LogP contribution in [0.5, 0.6) is 5.75 Å². The number of carbonyl (C=O) groups is 1. The predicted octanol–water partition coefficient (Wildman–Crippen LogP) is 4.77. The van der Waals surface area contributed by atoms with Gasteiger partial charge in [-0.1, -0.05) is 0 Å². The van der Waals surface area contributed by atoms with Gasteiger partial charge in [-0.2, -0.15) is 0 Å². The summed E-state index contributed by atoms with van der Waals surface area (Å²) in [4.78, 5) is 22.6. The summed E-state index contributed by atoms with van der Waals surface area (Å²) in [5.74, 6) is 0.969. The summed E-state index contributed by atoms with van der Waals surface area (Å²) in [6.45, 7) is 2.68. The number of H-pyrrole nitrogens is 1. The first-order valence-corrected chi connectivity index (χ1v) is 12.0. The number of likely N-dealkylation sites (tertiary alicyclic amines) is 1. The van der Waals surface area contributed by atoms with Crippen molar-refractivity contribution in [1.29, 1.82) is 0 Å². The summed E-state index contributed by atoms with van der Waals surface area (Å²) >= 11 is 0. The van der Waals surface area contributed by atoms with Gasteiger partial charge in [0.1, 0.15) is 17.2 Å². The molecule has 7 heteroatoms. The van der Waals surface area contributed by atoms with Gasteiger partial charge >= 0.3 is 0 Å². The number of halogens is 1. The Bertz CT molecular complexity index is 1160. The SMILES string of the molecule is O=C(c1ccc(OC2CC2)cc1)N1CCC(c2c(F)cnc3[nH]c(C4CCOC4)cc23)CC1. The van der Waals surface area contributed by atoms with E-state index in [0.717, 1.165) is 66.8 Å². The zero-order valence-corrected chi connectivity index (χ0v) is 18.6. The number of ether oxygens (including phenoxy) is 2. The van der Waals surface area contributed by atoms with Crippen molar-refractivity contribution >= 4 is 16.9 Å². The monoisotopic (exact) mass is 449 g/mol. The third-order valence-corrected chi connectivity index (χ3v) is 7.16. The van der Waals surface area contributed by atoms with Crippen LogP contribution in [-0.2, 0) is 4.74 Å².